The lowest BCUT2D eigenvalue weighted by atomic mass is 10.1. The van der Waals surface area contributed by atoms with Crippen LogP contribution < -0.4 is 0 Å². The van der Waals surface area contributed by atoms with E-state index in [2.05, 4.69) is 0 Å². The van der Waals surface area contributed by atoms with Crippen LogP contribution in [0.4, 0.5) is 0 Å². The highest BCUT2D eigenvalue weighted by Gasteiger charge is 2.41. The molecule has 1 aliphatic carbocycles. The molecule has 2 rings (SSSR count). The normalized spacial score (nSPS) is 26.8. The molecule has 1 aliphatic rings. The standard InChI is InChI=1S/C10H9ClO/c11-9-6-8(9)10(12)7-4-2-1-3-5-7/h1-5,8-9H,6H2/t8-,9-/m0/s1. The number of alkyl halides is 1. The van der Waals surface area contributed by atoms with Gasteiger partial charge in [-0.2, -0.15) is 0 Å². The Balaban J connectivity index is 2.16. The first kappa shape index (κ1) is 7.81. The van der Waals surface area contributed by atoms with Crippen molar-refractivity contribution in [2.24, 2.45) is 5.92 Å². The van der Waals surface area contributed by atoms with Crippen LogP contribution in [0.5, 0.6) is 0 Å². The van der Waals surface area contributed by atoms with E-state index in [1.54, 1.807) is 0 Å². The lowest BCUT2D eigenvalue weighted by Crippen LogP contribution is -2.02. The van der Waals surface area contributed by atoms with Crippen LogP contribution in [0.2, 0.25) is 0 Å². The maximum absolute atomic E-state index is 11.5. The molecule has 0 aromatic heterocycles. The molecule has 1 aromatic rings. The lowest BCUT2D eigenvalue weighted by molar-refractivity contribution is 0.0968. The summed E-state index contributed by atoms with van der Waals surface area (Å²) in [5.41, 5.74) is 0.783. The summed E-state index contributed by atoms with van der Waals surface area (Å²) >= 11 is 5.78. The van der Waals surface area contributed by atoms with E-state index in [0.717, 1.165) is 12.0 Å². The molecule has 0 amide bonds. The molecule has 0 N–H and O–H groups in total. The highest BCUT2D eigenvalue weighted by atomic mass is 35.5. The zero-order valence-corrected chi connectivity index (χ0v) is 7.29. The zero-order chi connectivity index (χ0) is 8.55. The van der Waals surface area contributed by atoms with Gasteiger partial charge in [-0.25, -0.2) is 0 Å². The first-order chi connectivity index (χ1) is 5.79. The van der Waals surface area contributed by atoms with Crippen LogP contribution in [0.1, 0.15) is 16.8 Å². The number of halogens is 1. The third-order valence-electron chi connectivity index (χ3n) is 2.11. The molecule has 1 nitrogen and oxygen atoms in total. The van der Waals surface area contributed by atoms with Crippen LogP contribution >= 0.6 is 11.6 Å². The summed E-state index contributed by atoms with van der Waals surface area (Å²) in [6, 6.07) is 9.33. The number of carbonyl (C=O) groups excluding carboxylic acids is 1. The number of benzene rings is 1. The van der Waals surface area contributed by atoms with E-state index >= 15 is 0 Å². The number of Topliss-reactive ketones (excluding diaryl/α,β-unsaturated/α-hetero) is 1. The van der Waals surface area contributed by atoms with Gasteiger partial charge in [-0.3, -0.25) is 4.79 Å². The molecule has 0 unspecified atom stereocenters. The minimum absolute atomic E-state index is 0.0778. The highest BCUT2D eigenvalue weighted by molar-refractivity contribution is 6.25. The van der Waals surface area contributed by atoms with E-state index < -0.39 is 0 Å². The van der Waals surface area contributed by atoms with Crippen molar-refractivity contribution in [3.63, 3.8) is 0 Å². The van der Waals surface area contributed by atoms with E-state index in [0.29, 0.717) is 0 Å². The molecule has 0 saturated heterocycles. The van der Waals surface area contributed by atoms with E-state index in [-0.39, 0.29) is 17.1 Å². The molecule has 12 heavy (non-hydrogen) atoms. The summed E-state index contributed by atoms with van der Waals surface area (Å²) in [6.07, 6.45) is 0.843. The molecule has 1 aromatic carbocycles. The van der Waals surface area contributed by atoms with Crippen molar-refractivity contribution in [3.05, 3.63) is 35.9 Å². The topological polar surface area (TPSA) is 17.1 Å². The van der Waals surface area contributed by atoms with Gasteiger partial charge in [-0.15, -0.1) is 11.6 Å². The van der Waals surface area contributed by atoms with Gasteiger partial charge >= 0.3 is 0 Å². The Morgan fingerprint density at radius 2 is 1.92 bits per heavy atom. The van der Waals surface area contributed by atoms with Gasteiger partial charge in [0.25, 0.3) is 0 Å². The summed E-state index contributed by atoms with van der Waals surface area (Å²) in [6.45, 7) is 0. The summed E-state index contributed by atoms with van der Waals surface area (Å²) < 4.78 is 0. The number of hydrogen-bond donors (Lipinski definition) is 0. The van der Waals surface area contributed by atoms with E-state index in [1.165, 1.54) is 0 Å². The van der Waals surface area contributed by atoms with E-state index in [9.17, 15) is 4.79 Å². The maximum atomic E-state index is 11.5. The monoisotopic (exact) mass is 180 g/mol. The molecule has 2 heteroatoms. The average molecular weight is 181 g/mol. The molecule has 0 spiro atoms. The second kappa shape index (κ2) is 2.91. The molecule has 1 fully saturated rings. The zero-order valence-electron chi connectivity index (χ0n) is 6.53. The third-order valence-corrected chi connectivity index (χ3v) is 2.59. The number of ketones is 1. The van der Waals surface area contributed by atoms with Crippen molar-refractivity contribution in [1.29, 1.82) is 0 Å². The van der Waals surface area contributed by atoms with Crippen molar-refractivity contribution in [2.75, 3.05) is 0 Å². The second-order valence-corrected chi connectivity index (χ2v) is 3.65. The van der Waals surface area contributed by atoms with Crippen LogP contribution in [-0.2, 0) is 0 Å². The van der Waals surface area contributed by atoms with Gasteiger partial charge in [0.2, 0.25) is 0 Å². The Bertz CT molecular complexity index is 294. The lowest BCUT2D eigenvalue weighted by Gasteiger charge is -1.96. The molecule has 2 atom stereocenters. The van der Waals surface area contributed by atoms with Gasteiger partial charge in [-0.1, -0.05) is 30.3 Å². The Morgan fingerprint density at radius 3 is 2.42 bits per heavy atom. The molecule has 62 valence electrons. The molecule has 1 saturated carbocycles. The molecular weight excluding hydrogens is 172 g/mol. The van der Waals surface area contributed by atoms with Crippen molar-refractivity contribution < 1.29 is 4.79 Å². The SMILES string of the molecule is O=C(c1ccccc1)[C@H]1C[C@@H]1Cl. The Kier molecular flexibility index (Phi) is 1.89. The molecule has 0 radical (unpaired) electrons. The number of rotatable bonds is 2. The Labute approximate surface area is 76.4 Å². The van der Waals surface area contributed by atoms with Crippen LogP contribution in [0.3, 0.4) is 0 Å². The predicted molar refractivity (Wildman–Crippen MR) is 48.5 cm³/mol. The quantitative estimate of drug-likeness (QED) is 0.505. The fourth-order valence-electron chi connectivity index (χ4n) is 1.25. The highest BCUT2D eigenvalue weighted by Crippen LogP contribution is 2.38. The fraction of sp³-hybridized carbons (Fsp3) is 0.300. The Hall–Kier alpha value is -0.820. The Morgan fingerprint density at radius 1 is 1.33 bits per heavy atom. The van der Waals surface area contributed by atoms with E-state index in [1.807, 2.05) is 30.3 Å². The summed E-state index contributed by atoms with van der Waals surface area (Å²) in [5, 5.41) is 0.0812. The fourth-order valence-corrected chi connectivity index (χ4v) is 1.56. The number of hydrogen-bond acceptors (Lipinski definition) is 1. The molecule has 0 aliphatic heterocycles. The van der Waals surface area contributed by atoms with Crippen LogP contribution in [0.15, 0.2) is 30.3 Å². The van der Waals surface area contributed by atoms with Crippen molar-refractivity contribution >= 4 is 17.4 Å². The van der Waals surface area contributed by atoms with Crippen LogP contribution in [0.25, 0.3) is 0 Å². The second-order valence-electron chi connectivity index (χ2n) is 3.09. The first-order valence-electron chi connectivity index (χ1n) is 4.02. The van der Waals surface area contributed by atoms with Gasteiger partial charge in [-0.05, 0) is 6.42 Å². The summed E-state index contributed by atoms with van der Waals surface area (Å²) in [4.78, 5) is 11.5. The van der Waals surface area contributed by atoms with Gasteiger partial charge in [0.15, 0.2) is 5.78 Å². The first-order valence-corrected chi connectivity index (χ1v) is 4.46. The third kappa shape index (κ3) is 1.37. The smallest absolute Gasteiger partial charge is 0.167 e. The minimum Gasteiger partial charge on any atom is -0.294 e. The molecule has 0 bridgehead atoms. The summed E-state index contributed by atoms with van der Waals surface area (Å²) in [5.74, 6) is 0.268. The predicted octanol–water partition coefficient (Wildman–Crippen LogP) is 2.50. The number of carbonyl (C=O) groups is 1. The van der Waals surface area contributed by atoms with Crippen molar-refractivity contribution in [3.8, 4) is 0 Å². The average Bonchev–Trinajstić information content (AvgIpc) is 2.83. The largest absolute Gasteiger partial charge is 0.294 e. The van der Waals surface area contributed by atoms with Crippen LogP contribution in [-0.4, -0.2) is 11.2 Å². The molecule has 0 heterocycles. The summed E-state index contributed by atoms with van der Waals surface area (Å²) in [7, 11) is 0. The van der Waals surface area contributed by atoms with Gasteiger partial charge < -0.3 is 0 Å². The van der Waals surface area contributed by atoms with Crippen molar-refractivity contribution in [2.45, 2.75) is 11.8 Å². The van der Waals surface area contributed by atoms with Crippen molar-refractivity contribution in [1.82, 2.24) is 0 Å². The van der Waals surface area contributed by atoms with Gasteiger partial charge in [0.05, 0.1) is 0 Å². The van der Waals surface area contributed by atoms with Gasteiger partial charge in [0.1, 0.15) is 0 Å². The van der Waals surface area contributed by atoms with Gasteiger partial charge in [0, 0.05) is 16.9 Å². The van der Waals surface area contributed by atoms with Crippen LogP contribution in [0, 0.1) is 5.92 Å². The van der Waals surface area contributed by atoms with E-state index in [4.69, 9.17) is 11.6 Å². The molecular formula is C10H9ClO. The maximum Gasteiger partial charge on any atom is 0.167 e. The minimum atomic E-state index is 0.0778.